The molecular formula is C21H26N2O3. The number of carbonyl (C=O) groups excluding carboxylic acids is 1. The summed E-state index contributed by atoms with van der Waals surface area (Å²) >= 11 is 0. The number of likely N-dealkylation sites (N-methyl/N-ethyl adjacent to an activating group) is 1. The SMILES string of the molecule is CCNC(=O)/C(=N\OCC)c1ccccc1COc1cc(C)ccc1C. The molecule has 0 radical (unpaired) electrons. The summed E-state index contributed by atoms with van der Waals surface area (Å²) in [6, 6.07) is 13.7. The molecule has 0 saturated carbocycles. The first-order chi connectivity index (χ1) is 12.6. The fourth-order valence-corrected chi connectivity index (χ4v) is 2.48. The lowest BCUT2D eigenvalue weighted by Gasteiger charge is -2.14. The molecule has 0 heterocycles. The second kappa shape index (κ2) is 9.61. The average Bonchev–Trinajstić information content (AvgIpc) is 2.64. The number of ether oxygens (including phenoxy) is 1. The van der Waals surface area contributed by atoms with Gasteiger partial charge in [-0.15, -0.1) is 0 Å². The van der Waals surface area contributed by atoms with Crippen molar-refractivity contribution in [2.75, 3.05) is 13.2 Å². The largest absolute Gasteiger partial charge is 0.489 e. The number of oxime groups is 1. The molecule has 0 fully saturated rings. The first kappa shape index (κ1) is 19.5. The van der Waals surface area contributed by atoms with Gasteiger partial charge >= 0.3 is 0 Å². The van der Waals surface area contributed by atoms with Crippen LogP contribution in [0.2, 0.25) is 0 Å². The van der Waals surface area contributed by atoms with E-state index in [1.165, 1.54) is 0 Å². The molecule has 0 bridgehead atoms. The molecule has 2 aromatic rings. The third-order valence-electron chi connectivity index (χ3n) is 3.84. The third kappa shape index (κ3) is 5.09. The summed E-state index contributed by atoms with van der Waals surface area (Å²) < 4.78 is 6.01. The Morgan fingerprint density at radius 2 is 1.88 bits per heavy atom. The zero-order chi connectivity index (χ0) is 18.9. The predicted octanol–water partition coefficient (Wildman–Crippen LogP) is 3.76. The van der Waals surface area contributed by atoms with Gasteiger partial charge in [0.05, 0.1) is 0 Å². The Bertz CT molecular complexity index is 785. The van der Waals surface area contributed by atoms with E-state index in [0.29, 0.717) is 25.3 Å². The molecule has 138 valence electrons. The summed E-state index contributed by atoms with van der Waals surface area (Å²) in [6.45, 7) is 8.99. The van der Waals surface area contributed by atoms with Gasteiger partial charge in [0.15, 0.2) is 5.71 Å². The number of aryl methyl sites for hydroxylation is 2. The smallest absolute Gasteiger partial charge is 0.273 e. The maximum Gasteiger partial charge on any atom is 0.273 e. The normalized spacial score (nSPS) is 11.2. The first-order valence-corrected chi connectivity index (χ1v) is 8.83. The lowest BCUT2D eigenvalue weighted by Crippen LogP contribution is -2.32. The van der Waals surface area contributed by atoms with E-state index in [2.05, 4.69) is 16.5 Å². The lowest BCUT2D eigenvalue weighted by molar-refractivity contribution is -0.114. The van der Waals surface area contributed by atoms with E-state index in [1.807, 2.05) is 64.1 Å². The molecular weight excluding hydrogens is 328 g/mol. The number of hydrogen-bond donors (Lipinski definition) is 1. The first-order valence-electron chi connectivity index (χ1n) is 8.83. The van der Waals surface area contributed by atoms with Crippen molar-refractivity contribution >= 4 is 11.6 Å². The number of hydrogen-bond acceptors (Lipinski definition) is 4. The number of benzene rings is 2. The number of nitrogens with one attached hydrogen (secondary N) is 1. The van der Waals surface area contributed by atoms with Gasteiger partial charge in [-0.25, -0.2) is 0 Å². The van der Waals surface area contributed by atoms with Crippen LogP contribution in [0, 0.1) is 13.8 Å². The standard InChI is InChI=1S/C21H26N2O3/c1-5-22-21(24)20(23-26-6-2)18-10-8-7-9-17(18)14-25-19-13-15(3)11-12-16(19)4/h7-13H,5-6,14H2,1-4H3,(H,22,24)/b23-20-. The highest BCUT2D eigenvalue weighted by Gasteiger charge is 2.18. The molecule has 0 aromatic heterocycles. The van der Waals surface area contributed by atoms with Gasteiger partial charge in [0.2, 0.25) is 0 Å². The summed E-state index contributed by atoms with van der Waals surface area (Å²) in [5, 5.41) is 6.81. The summed E-state index contributed by atoms with van der Waals surface area (Å²) in [7, 11) is 0. The van der Waals surface area contributed by atoms with E-state index in [9.17, 15) is 4.79 Å². The highest BCUT2D eigenvalue weighted by molar-refractivity contribution is 6.45. The minimum absolute atomic E-state index is 0.258. The van der Waals surface area contributed by atoms with Gasteiger partial charge in [0.1, 0.15) is 19.0 Å². The molecule has 0 unspecified atom stereocenters. The molecule has 0 saturated heterocycles. The summed E-state index contributed by atoms with van der Waals surface area (Å²) in [4.78, 5) is 17.6. The molecule has 26 heavy (non-hydrogen) atoms. The summed E-state index contributed by atoms with van der Waals surface area (Å²) in [5.41, 5.74) is 4.05. The van der Waals surface area contributed by atoms with Crippen LogP contribution in [0.3, 0.4) is 0 Å². The fraction of sp³-hybridized carbons (Fsp3) is 0.333. The van der Waals surface area contributed by atoms with E-state index in [4.69, 9.17) is 9.57 Å². The molecule has 5 heteroatoms. The quantitative estimate of drug-likeness (QED) is 0.580. The number of carbonyl (C=O) groups is 1. The van der Waals surface area contributed by atoms with Crippen LogP contribution in [0.4, 0.5) is 0 Å². The lowest BCUT2D eigenvalue weighted by atomic mass is 10.0. The summed E-state index contributed by atoms with van der Waals surface area (Å²) in [5.74, 6) is 0.571. The number of nitrogens with zero attached hydrogens (tertiary/aromatic N) is 1. The van der Waals surface area contributed by atoms with Crippen LogP contribution >= 0.6 is 0 Å². The Kier molecular flexibility index (Phi) is 7.21. The molecule has 5 nitrogen and oxygen atoms in total. The maximum atomic E-state index is 12.4. The molecule has 1 N–H and O–H groups in total. The van der Waals surface area contributed by atoms with E-state index in [0.717, 1.165) is 22.4 Å². The number of rotatable bonds is 8. The second-order valence-electron chi connectivity index (χ2n) is 5.93. The van der Waals surface area contributed by atoms with Crippen LogP contribution < -0.4 is 10.1 Å². The van der Waals surface area contributed by atoms with Crippen LogP contribution in [-0.2, 0) is 16.2 Å². The van der Waals surface area contributed by atoms with E-state index >= 15 is 0 Å². The van der Waals surface area contributed by atoms with Crippen molar-refractivity contribution in [3.63, 3.8) is 0 Å². The average molecular weight is 354 g/mol. The van der Waals surface area contributed by atoms with Crippen molar-refractivity contribution in [1.82, 2.24) is 5.32 Å². The monoisotopic (exact) mass is 354 g/mol. The zero-order valence-electron chi connectivity index (χ0n) is 15.8. The van der Waals surface area contributed by atoms with Gasteiger partial charge in [-0.1, -0.05) is 41.6 Å². The molecule has 0 spiro atoms. The predicted molar refractivity (Wildman–Crippen MR) is 104 cm³/mol. The fourth-order valence-electron chi connectivity index (χ4n) is 2.48. The minimum atomic E-state index is -0.264. The van der Waals surface area contributed by atoms with Crippen molar-refractivity contribution in [2.24, 2.45) is 5.16 Å². The highest BCUT2D eigenvalue weighted by Crippen LogP contribution is 2.21. The topological polar surface area (TPSA) is 59.9 Å². The Balaban J connectivity index is 2.30. The summed E-state index contributed by atoms with van der Waals surface area (Å²) in [6.07, 6.45) is 0. The maximum absolute atomic E-state index is 12.4. The molecule has 0 atom stereocenters. The van der Waals surface area contributed by atoms with Crippen LogP contribution in [0.15, 0.2) is 47.6 Å². The van der Waals surface area contributed by atoms with E-state index in [1.54, 1.807) is 0 Å². The minimum Gasteiger partial charge on any atom is -0.489 e. The molecule has 0 aliphatic heterocycles. The molecule has 2 rings (SSSR count). The zero-order valence-corrected chi connectivity index (χ0v) is 15.8. The van der Waals surface area contributed by atoms with Gasteiger partial charge < -0.3 is 14.9 Å². The van der Waals surface area contributed by atoms with Crippen molar-refractivity contribution in [1.29, 1.82) is 0 Å². The molecule has 1 amide bonds. The molecule has 2 aromatic carbocycles. The van der Waals surface area contributed by atoms with Crippen molar-refractivity contribution in [2.45, 2.75) is 34.3 Å². The van der Waals surface area contributed by atoms with E-state index < -0.39 is 0 Å². The number of amides is 1. The Morgan fingerprint density at radius 3 is 2.62 bits per heavy atom. The van der Waals surface area contributed by atoms with Crippen LogP contribution in [-0.4, -0.2) is 24.8 Å². The molecule has 0 aliphatic carbocycles. The third-order valence-corrected chi connectivity index (χ3v) is 3.84. The van der Waals surface area contributed by atoms with Crippen LogP contribution in [0.25, 0.3) is 0 Å². The van der Waals surface area contributed by atoms with Crippen molar-refractivity contribution in [3.05, 3.63) is 64.7 Å². The highest BCUT2D eigenvalue weighted by atomic mass is 16.6. The van der Waals surface area contributed by atoms with Crippen LogP contribution in [0.5, 0.6) is 5.75 Å². The van der Waals surface area contributed by atoms with Gasteiger partial charge in [0, 0.05) is 12.1 Å². The van der Waals surface area contributed by atoms with Crippen molar-refractivity contribution < 1.29 is 14.4 Å². The Hall–Kier alpha value is -2.82. The van der Waals surface area contributed by atoms with Gasteiger partial charge in [-0.05, 0) is 50.5 Å². The Morgan fingerprint density at radius 1 is 1.12 bits per heavy atom. The van der Waals surface area contributed by atoms with E-state index in [-0.39, 0.29) is 11.6 Å². The Labute approximate surface area is 155 Å². The van der Waals surface area contributed by atoms with Gasteiger partial charge in [-0.3, -0.25) is 4.79 Å². The van der Waals surface area contributed by atoms with Gasteiger partial charge in [0.25, 0.3) is 5.91 Å². The van der Waals surface area contributed by atoms with Crippen LogP contribution in [0.1, 0.15) is 36.1 Å². The van der Waals surface area contributed by atoms with Gasteiger partial charge in [-0.2, -0.15) is 0 Å². The molecule has 0 aliphatic rings. The second-order valence-corrected chi connectivity index (χ2v) is 5.93. The van der Waals surface area contributed by atoms with Crippen molar-refractivity contribution in [3.8, 4) is 5.75 Å².